The molecule has 0 spiro atoms. The van der Waals surface area contributed by atoms with Crippen LogP contribution in [0.3, 0.4) is 0 Å². The van der Waals surface area contributed by atoms with Crippen LogP contribution in [0.25, 0.3) is 0 Å². The Kier molecular flexibility index (Phi) is 5.36. The highest BCUT2D eigenvalue weighted by molar-refractivity contribution is 6.31. The summed E-state index contributed by atoms with van der Waals surface area (Å²) in [6.07, 6.45) is -2.61. The Morgan fingerprint density at radius 3 is 2.50 bits per heavy atom. The van der Waals surface area contributed by atoms with E-state index < -0.39 is 35.1 Å². The fourth-order valence-corrected chi connectivity index (χ4v) is 4.52. The van der Waals surface area contributed by atoms with Crippen LogP contribution in [-0.2, 0) is 6.18 Å². The Balaban J connectivity index is 1.50. The highest BCUT2D eigenvalue weighted by Crippen LogP contribution is 2.44. The Labute approximate surface area is 196 Å². The van der Waals surface area contributed by atoms with Crippen molar-refractivity contribution in [2.45, 2.75) is 31.0 Å². The first-order valence-electron chi connectivity index (χ1n) is 10.5. The van der Waals surface area contributed by atoms with Crippen molar-refractivity contribution in [1.82, 2.24) is 5.32 Å². The van der Waals surface area contributed by atoms with E-state index >= 15 is 0 Å². The number of amides is 2. The first-order chi connectivity index (χ1) is 16.1. The first kappa shape index (κ1) is 22.4. The monoisotopic (exact) mass is 488 g/mol. The van der Waals surface area contributed by atoms with Gasteiger partial charge in [0.05, 0.1) is 11.6 Å². The normalized spacial score (nSPS) is 17.3. The molecule has 2 amide bonds. The molecule has 0 saturated heterocycles. The van der Waals surface area contributed by atoms with E-state index in [1.165, 1.54) is 6.07 Å². The second-order valence-electron chi connectivity index (χ2n) is 8.41. The molecule has 5 rings (SSSR count). The summed E-state index contributed by atoms with van der Waals surface area (Å²) in [5.41, 5.74) is 0.941. The lowest BCUT2D eigenvalue weighted by Crippen LogP contribution is -2.21. The molecule has 0 radical (unpaired) electrons. The molecule has 3 aromatic rings. The summed E-state index contributed by atoms with van der Waals surface area (Å²) in [7, 11) is 0. The fourth-order valence-electron chi connectivity index (χ4n) is 4.22. The number of hydrogen-bond acceptors (Lipinski definition) is 2. The van der Waals surface area contributed by atoms with Crippen LogP contribution >= 0.6 is 11.6 Å². The van der Waals surface area contributed by atoms with Crippen molar-refractivity contribution in [2.24, 2.45) is 0 Å². The van der Waals surface area contributed by atoms with Gasteiger partial charge in [0.1, 0.15) is 5.82 Å². The van der Waals surface area contributed by atoms with E-state index in [0.717, 1.165) is 24.5 Å². The molecule has 0 bridgehead atoms. The van der Waals surface area contributed by atoms with Gasteiger partial charge in [0, 0.05) is 27.4 Å². The summed E-state index contributed by atoms with van der Waals surface area (Å²) < 4.78 is 53.0. The summed E-state index contributed by atoms with van der Waals surface area (Å²) in [5, 5.41) is 5.85. The number of halogens is 5. The fraction of sp³-hybridized carbons (Fsp3) is 0.200. The molecule has 4 nitrogen and oxygen atoms in total. The van der Waals surface area contributed by atoms with Crippen molar-refractivity contribution in [3.05, 3.63) is 98.8 Å². The lowest BCUT2D eigenvalue weighted by molar-refractivity contribution is -0.137. The Hall–Kier alpha value is -3.39. The van der Waals surface area contributed by atoms with Crippen LogP contribution in [0.15, 0.2) is 54.6 Å². The van der Waals surface area contributed by atoms with Crippen LogP contribution in [0.4, 0.5) is 23.2 Å². The van der Waals surface area contributed by atoms with Crippen molar-refractivity contribution in [3.8, 4) is 0 Å². The third-order valence-corrected chi connectivity index (χ3v) is 6.36. The van der Waals surface area contributed by atoms with E-state index in [1.54, 1.807) is 12.1 Å². The van der Waals surface area contributed by atoms with Gasteiger partial charge in [-0.25, -0.2) is 4.39 Å². The molecule has 1 heterocycles. The number of carbonyl (C=O) groups is 2. The summed E-state index contributed by atoms with van der Waals surface area (Å²) in [5.74, 6) is -2.01. The highest BCUT2D eigenvalue weighted by atomic mass is 35.5. The molecule has 174 valence electrons. The Morgan fingerprint density at radius 1 is 1.06 bits per heavy atom. The summed E-state index contributed by atoms with van der Waals surface area (Å²) in [4.78, 5) is 25.4. The number of carbonyl (C=O) groups excluding carboxylic acids is 2. The van der Waals surface area contributed by atoms with E-state index in [9.17, 15) is 27.2 Å². The Morgan fingerprint density at radius 2 is 1.82 bits per heavy atom. The highest BCUT2D eigenvalue weighted by Gasteiger charge is 2.35. The lowest BCUT2D eigenvalue weighted by Gasteiger charge is -2.18. The van der Waals surface area contributed by atoms with Crippen LogP contribution in [0.1, 0.15) is 67.8 Å². The molecule has 1 saturated carbocycles. The topological polar surface area (TPSA) is 58.2 Å². The van der Waals surface area contributed by atoms with Gasteiger partial charge < -0.3 is 10.6 Å². The molecule has 1 aliphatic carbocycles. The van der Waals surface area contributed by atoms with Gasteiger partial charge in [0.2, 0.25) is 0 Å². The van der Waals surface area contributed by atoms with Crippen molar-refractivity contribution >= 4 is 29.1 Å². The average molecular weight is 489 g/mol. The van der Waals surface area contributed by atoms with Gasteiger partial charge in [-0.2, -0.15) is 13.2 Å². The molecule has 1 unspecified atom stereocenters. The van der Waals surface area contributed by atoms with Gasteiger partial charge in [-0.1, -0.05) is 29.8 Å². The zero-order chi connectivity index (χ0) is 24.2. The zero-order valence-electron chi connectivity index (χ0n) is 17.5. The van der Waals surface area contributed by atoms with E-state index in [-0.39, 0.29) is 11.6 Å². The number of fused-ring (bicyclic) bond motifs is 1. The molecular formula is C25H17ClF4N2O2. The smallest absolute Gasteiger partial charge is 0.341 e. The number of anilines is 1. The Bertz CT molecular complexity index is 1330. The van der Waals surface area contributed by atoms with Gasteiger partial charge in [0.15, 0.2) is 0 Å². The molecule has 1 aliphatic heterocycles. The van der Waals surface area contributed by atoms with Crippen molar-refractivity contribution in [1.29, 1.82) is 0 Å². The van der Waals surface area contributed by atoms with Gasteiger partial charge >= 0.3 is 6.18 Å². The van der Waals surface area contributed by atoms with Gasteiger partial charge in [-0.15, -0.1) is 0 Å². The third-order valence-electron chi connectivity index (χ3n) is 6.03. The molecule has 2 N–H and O–H groups in total. The van der Waals surface area contributed by atoms with E-state index in [4.69, 9.17) is 11.6 Å². The summed E-state index contributed by atoms with van der Waals surface area (Å²) in [6, 6.07) is 11.3. The predicted molar refractivity (Wildman–Crippen MR) is 119 cm³/mol. The minimum absolute atomic E-state index is 0.214. The van der Waals surface area contributed by atoms with Crippen LogP contribution in [-0.4, -0.2) is 11.8 Å². The molecule has 9 heteroatoms. The first-order valence-corrected chi connectivity index (χ1v) is 10.9. The van der Waals surface area contributed by atoms with E-state index in [0.29, 0.717) is 39.8 Å². The zero-order valence-corrected chi connectivity index (χ0v) is 18.2. The molecule has 2 aliphatic rings. The van der Waals surface area contributed by atoms with Crippen molar-refractivity contribution in [3.63, 3.8) is 0 Å². The van der Waals surface area contributed by atoms with Crippen molar-refractivity contribution in [2.75, 3.05) is 5.32 Å². The number of alkyl halides is 3. The van der Waals surface area contributed by atoms with Crippen LogP contribution in [0.5, 0.6) is 0 Å². The quantitative estimate of drug-likeness (QED) is 0.414. The van der Waals surface area contributed by atoms with E-state index in [2.05, 4.69) is 10.6 Å². The minimum atomic E-state index is -4.81. The molecule has 0 aromatic heterocycles. The third kappa shape index (κ3) is 4.14. The summed E-state index contributed by atoms with van der Waals surface area (Å²) in [6.45, 7) is 0. The molecule has 3 aromatic carbocycles. The van der Waals surface area contributed by atoms with Crippen LogP contribution in [0.2, 0.25) is 5.02 Å². The molecule has 1 atom stereocenters. The number of benzene rings is 3. The SMILES string of the molecule is O=C(Nc1cccc2c1C(c1ccc(C3CC3)cc1Cl)NC2=O)c1cc(F)cc(C(F)(F)F)c1. The standard InChI is InChI=1S/C25H17ClF4N2O2/c26-19-10-13(12-4-5-12)6-7-17(19)22-21-18(24(34)32-22)2-1-3-20(21)31-23(33)14-8-15(25(28,29)30)11-16(27)9-14/h1-3,6-12,22H,4-5H2,(H,31,33)(H,32,34). The van der Waals surface area contributed by atoms with Crippen LogP contribution in [0, 0.1) is 5.82 Å². The van der Waals surface area contributed by atoms with Gasteiger partial charge in [-0.3, -0.25) is 9.59 Å². The van der Waals surface area contributed by atoms with Crippen LogP contribution < -0.4 is 10.6 Å². The molecule has 1 fully saturated rings. The largest absolute Gasteiger partial charge is 0.416 e. The maximum absolute atomic E-state index is 13.8. The maximum atomic E-state index is 13.8. The number of rotatable bonds is 4. The summed E-state index contributed by atoms with van der Waals surface area (Å²) >= 11 is 6.54. The second-order valence-corrected chi connectivity index (χ2v) is 8.82. The number of nitrogens with one attached hydrogen (secondary N) is 2. The number of hydrogen-bond donors (Lipinski definition) is 2. The lowest BCUT2D eigenvalue weighted by atomic mass is 9.95. The average Bonchev–Trinajstić information content (AvgIpc) is 3.57. The van der Waals surface area contributed by atoms with Gasteiger partial charge in [0.25, 0.3) is 11.8 Å². The second kappa shape index (κ2) is 8.13. The molecule has 34 heavy (non-hydrogen) atoms. The predicted octanol–water partition coefficient (Wildman–Crippen LogP) is 6.46. The van der Waals surface area contributed by atoms with Crippen molar-refractivity contribution < 1.29 is 27.2 Å². The minimum Gasteiger partial charge on any atom is -0.341 e. The maximum Gasteiger partial charge on any atom is 0.416 e. The van der Waals surface area contributed by atoms with E-state index in [1.807, 2.05) is 18.2 Å². The van der Waals surface area contributed by atoms with Gasteiger partial charge in [-0.05, 0) is 66.3 Å². The molecular weight excluding hydrogens is 472 g/mol.